The summed E-state index contributed by atoms with van der Waals surface area (Å²) in [5, 5.41) is 19.4. The van der Waals surface area contributed by atoms with E-state index in [0.717, 1.165) is 43.6 Å². The van der Waals surface area contributed by atoms with Crippen molar-refractivity contribution in [3.63, 3.8) is 0 Å². The highest BCUT2D eigenvalue weighted by atomic mass is 16.5. The van der Waals surface area contributed by atoms with Crippen molar-refractivity contribution in [3.05, 3.63) is 89.2 Å². The Kier molecular flexibility index (Phi) is 8.62. The number of benzene rings is 2. The number of aliphatic hydroxyl groups excluding tert-OH is 1. The Morgan fingerprint density at radius 2 is 1.79 bits per heavy atom. The zero-order chi connectivity index (χ0) is 23.8. The minimum Gasteiger partial charge on any atom is -0.508 e. The molecule has 0 amide bonds. The quantitative estimate of drug-likeness (QED) is 0.417. The Morgan fingerprint density at radius 3 is 2.44 bits per heavy atom. The molecule has 4 nitrogen and oxygen atoms in total. The average molecular weight is 460 g/mol. The van der Waals surface area contributed by atoms with Gasteiger partial charge < -0.3 is 19.8 Å². The summed E-state index contributed by atoms with van der Waals surface area (Å²) in [6.45, 7) is 2.13. The summed E-state index contributed by atoms with van der Waals surface area (Å²) >= 11 is 0. The predicted molar refractivity (Wildman–Crippen MR) is 139 cm³/mol. The van der Waals surface area contributed by atoms with Gasteiger partial charge in [-0.3, -0.25) is 0 Å². The van der Waals surface area contributed by atoms with Crippen molar-refractivity contribution in [2.75, 3.05) is 26.8 Å². The molecule has 34 heavy (non-hydrogen) atoms. The van der Waals surface area contributed by atoms with Crippen LogP contribution in [0.2, 0.25) is 0 Å². The van der Waals surface area contributed by atoms with E-state index < -0.39 is 0 Å². The van der Waals surface area contributed by atoms with Crippen molar-refractivity contribution in [3.8, 4) is 5.75 Å². The molecule has 4 rings (SSSR count). The van der Waals surface area contributed by atoms with Gasteiger partial charge in [-0.2, -0.15) is 0 Å². The number of hydrogen-bond acceptors (Lipinski definition) is 4. The summed E-state index contributed by atoms with van der Waals surface area (Å²) < 4.78 is 6.16. The van der Waals surface area contributed by atoms with E-state index in [2.05, 4.69) is 48.4 Å². The third-order valence-electron chi connectivity index (χ3n) is 7.01. The number of hydrogen-bond donors (Lipinski definition) is 2. The summed E-state index contributed by atoms with van der Waals surface area (Å²) in [4.78, 5) is 2.45. The first-order valence-electron chi connectivity index (χ1n) is 12.6. The molecule has 0 spiro atoms. The smallest absolute Gasteiger partial charge is 0.115 e. The molecule has 4 heteroatoms. The Labute approximate surface area is 203 Å². The minimum absolute atomic E-state index is 0.159. The maximum absolute atomic E-state index is 9.87. The van der Waals surface area contributed by atoms with E-state index in [0.29, 0.717) is 12.5 Å². The van der Waals surface area contributed by atoms with Crippen LogP contribution in [0.1, 0.15) is 56.1 Å². The summed E-state index contributed by atoms with van der Waals surface area (Å²) in [6.07, 6.45) is 11.3. The molecule has 180 valence electrons. The van der Waals surface area contributed by atoms with E-state index in [-0.39, 0.29) is 12.4 Å². The lowest BCUT2D eigenvalue weighted by Gasteiger charge is -2.23. The van der Waals surface area contributed by atoms with Gasteiger partial charge in [-0.15, -0.1) is 0 Å². The van der Waals surface area contributed by atoms with E-state index in [1.54, 1.807) is 12.1 Å². The maximum atomic E-state index is 9.87. The van der Waals surface area contributed by atoms with Crippen molar-refractivity contribution in [1.29, 1.82) is 0 Å². The third kappa shape index (κ3) is 6.19. The lowest BCUT2D eigenvalue weighted by Crippen LogP contribution is -2.26. The standard InChI is InChI=1S/C30H37NO3/c1-31-20-5-9-26(31)19-22-34-28-17-13-25(14-18-28)30(24-11-15-27(33)16-12-24)29(10-6-21-32)23-7-3-2-4-8-23/h2-4,7-8,11-13,15-17,26,32-33H,5-6,9-10,14,18-22H2,1H3/b30-29-. The van der Waals surface area contributed by atoms with Crippen LogP contribution in [0.15, 0.2) is 78.1 Å². The van der Waals surface area contributed by atoms with Crippen molar-refractivity contribution >= 4 is 11.1 Å². The van der Waals surface area contributed by atoms with E-state index in [1.165, 1.54) is 41.7 Å². The molecule has 2 aromatic rings. The zero-order valence-electron chi connectivity index (χ0n) is 20.2. The van der Waals surface area contributed by atoms with Crippen LogP contribution in [0, 0.1) is 0 Å². The summed E-state index contributed by atoms with van der Waals surface area (Å²) in [6, 6.07) is 18.6. The van der Waals surface area contributed by atoms with Crippen LogP contribution in [0.5, 0.6) is 5.75 Å². The van der Waals surface area contributed by atoms with E-state index in [1.807, 2.05) is 18.2 Å². The van der Waals surface area contributed by atoms with Crippen LogP contribution in [-0.2, 0) is 4.74 Å². The Bertz CT molecular complexity index is 1020. The molecule has 0 bridgehead atoms. The van der Waals surface area contributed by atoms with Gasteiger partial charge in [0.15, 0.2) is 0 Å². The molecule has 1 atom stereocenters. The first kappa shape index (κ1) is 24.3. The number of rotatable bonds is 10. The van der Waals surface area contributed by atoms with Gasteiger partial charge in [-0.05, 0) is 98.2 Å². The molecule has 1 aliphatic carbocycles. The van der Waals surface area contributed by atoms with Gasteiger partial charge in [0.25, 0.3) is 0 Å². The normalized spacial score (nSPS) is 19.4. The van der Waals surface area contributed by atoms with E-state index >= 15 is 0 Å². The fraction of sp³-hybridized carbons (Fsp3) is 0.400. The molecule has 0 radical (unpaired) electrons. The van der Waals surface area contributed by atoms with Gasteiger partial charge in [0.1, 0.15) is 5.75 Å². The van der Waals surface area contributed by atoms with Gasteiger partial charge in [0.05, 0.1) is 12.4 Å². The molecule has 2 aromatic carbocycles. The monoisotopic (exact) mass is 459 g/mol. The molecule has 2 aliphatic rings. The minimum atomic E-state index is 0.159. The largest absolute Gasteiger partial charge is 0.508 e. The zero-order valence-corrected chi connectivity index (χ0v) is 20.2. The van der Waals surface area contributed by atoms with E-state index in [9.17, 15) is 10.2 Å². The summed E-state index contributed by atoms with van der Waals surface area (Å²) in [5.74, 6) is 1.33. The van der Waals surface area contributed by atoms with Crippen LogP contribution in [0.25, 0.3) is 11.1 Å². The van der Waals surface area contributed by atoms with Gasteiger partial charge >= 0.3 is 0 Å². The predicted octanol–water partition coefficient (Wildman–Crippen LogP) is 6.18. The number of allylic oxidation sites excluding steroid dienone is 6. The van der Waals surface area contributed by atoms with Gasteiger partial charge in [-0.1, -0.05) is 48.5 Å². The molecule has 2 N–H and O–H groups in total. The van der Waals surface area contributed by atoms with Gasteiger partial charge in [0.2, 0.25) is 0 Å². The Hall–Kier alpha value is -2.82. The second kappa shape index (κ2) is 12.0. The third-order valence-corrected chi connectivity index (χ3v) is 7.01. The summed E-state index contributed by atoms with van der Waals surface area (Å²) in [7, 11) is 2.21. The second-order valence-corrected chi connectivity index (χ2v) is 9.33. The highest BCUT2D eigenvalue weighted by molar-refractivity contribution is 5.98. The molecule has 0 aromatic heterocycles. The molecular formula is C30H37NO3. The first-order chi connectivity index (χ1) is 16.7. The molecular weight excluding hydrogens is 422 g/mol. The van der Waals surface area contributed by atoms with Crippen LogP contribution in [0.3, 0.4) is 0 Å². The lowest BCUT2D eigenvalue weighted by atomic mass is 9.84. The maximum Gasteiger partial charge on any atom is 0.115 e. The number of phenols is 1. The lowest BCUT2D eigenvalue weighted by molar-refractivity contribution is 0.166. The highest BCUT2D eigenvalue weighted by Crippen LogP contribution is 2.39. The number of aromatic hydroxyl groups is 1. The Balaban J connectivity index is 1.61. The Morgan fingerprint density at radius 1 is 1.00 bits per heavy atom. The number of aliphatic hydroxyl groups is 1. The molecule has 1 fully saturated rings. The fourth-order valence-electron chi connectivity index (χ4n) is 5.11. The molecule has 1 saturated heterocycles. The van der Waals surface area contributed by atoms with Gasteiger partial charge in [0, 0.05) is 19.1 Å². The van der Waals surface area contributed by atoms with E-state index in [4.69, 9.17) is 4.74 Å². The molecule has 1 heterocycles. The molecule has 1 unspecified atom stereocenters. The fourth-order valence-corrected chi connectivity index (χ4v) is 5.11. The average Bonchev–Trinajstić information content (AvgIpc) is 3.28. The molecule has 0 saturated carbocycles. The topological polar surface area (TPSA) is 52.9 Å². The number of ether oxygens (including phenoxy) is 1. The van der Waals surface area contributed by atoms with Crippen molar-refractivity contribution in [2.24, 2.45) is 0 Å². The first-order valence-corrected chi connectivity index (χ1v) is 12.6. The van der Waals surface area contributed by atoms with Crippen molar-refractivity contribution in [1.82, 2.24) is 4.90 Å². The van der Waals surface area contributed by atoms with Crippen molar-refractivity contribution in [2.45, 2.75) is 51.0 Å². The second-order valence-electron chi connectivity index (χ2n) is 9.33. The number of likely N-dealkylation sites (tertiary alicyclic amines) is 1. The SMILES string of the molecule is CN1CCCC1CCOC1=CC=C(/C(=C(/CCCO)c2ccccc2)c2ccc(O)cc2)CC1. The molecule has 1 aliphatic heterocycles. The van der Waals surface area contributed by atoms with Crippen LogP contribution < -0.4 is 0 Å². The highest BCUT2D eigenvalue weighted by Gasteiger charge is 2.21. The van der Waals surface area contributed by atoms with Crippen LogP contribution in [-0.4, -0.2) is 48.0 Å². The van der Waals surface area contributed by atoms with Gasteiger partial charge in [-0.25, -0.2) is 0 Å². The van der Waals surface area contributed by atoms with Crippen molar-refractivity contribution < 1.29 is 14.9 Å². The number of nitrogens with zero attached hydrogens (tertiary/aromatic N) is 1. The number of phenolic OH excluding ortho intramolecular Hbond substituents is 1. The summed E-state index contributed by atoms with van der Waals surface area (Å²) in [5.41, 5.74) is 5.95. The van der Waals surface area contributed by atoms with Crippen LogP contribution >= 0.6 is 0 Å². The van der Waals surface area contributed by atoms with Crippen LogP contribution in [0.4, 0.5) is 0 Å².